The SMILES string of the molecule is CC(C)c1cccc(C(C)C)c1-n1c(-c2cccc(-c3cc(-c4ccccc4)cc[n+]3C)[n+]2C)[n+](C)c2ccccc21.CC(C)c1cccc(C(C)C)c1-n1cc[n+](C)c1-c1cccc(-c2cc(-c3ccccc3)cc[n+]2C)[n+]1C.CC(C)c1cccc(C(C)C)c1-n1cc[n+](C)c1-c1cccc(-c2ccc(-c3ccccc3)c[n+]2C)[n+]1C. The quantitative estimate of drug-likeness (QED) is 0.0769. The third-order valence-electron chi connectivity index (χ3n) is 23.7. The van der Waals surface area contributed by atoms with E-state index in [0.717, 1.165) is 51.6 Å². The molecular weight excluding hydrogens is 1440 g/mol. The van der Waals surface area contributed by atoms with Crippen molar-refractivity contribution in [3.8, 4) is 119 Å². The maximum absolute atomic E-state index is 2.51. The standard InChI is InChI=1S/C38H41N4.2C34H39N4/c1-26(2)30-17-13-18-31(27(3)4)37(30)42-34-20-12-11-19-32(34)41(7)38(42)35-22-14-21-33(40(35)6)36-25-29(23-24-39(36)5)28-15-9-8-10-16-28;1-24(2)28-15-11-16-29(25(3)4)33(28)38-22-21-35(5)34(38)32-18-12-17-31(37(32)7)30-20-19-27(23-36(30)6)26-13-9-8-10-14-26;1-24(2)28-15-11-16-29(25(3)4)33(28)38-22-21-36(6)34(38)31-18-12-17-30(37(31)7)32-23-27(19-20-35(32)5)26-13-9-8-10-14-26/h8-27H,1-7H3;2*8-25H,1-7H3/q3*+3. The van der Waals surface area contributed by atoms with Crippen molar-refractivity contribution in [3.05, 3.63) is 338 Å². The van der Waals surface area contributed by atoms with Gasteiger partial charge in [0, 0.05) is 106 Å². The largest absolute Gasteiger partial charge is 0.360 e. The number of aryl methyl sites for hydroxylation is 6. The molecule has 12 heteroatoms. The maximum Gasteiger partial charge on any atom is 0.360 e. The van der Waals surface area contributed by atoms with Gasteiger partial charge in [0.2, 0.25) is 0 Å². The molecule has 0 saturated heterocycles. The Balaban J connectivity index is 0.000000146. The minimum Gasteiger partial charge on any atom is -0.227 e. The molecule has 0 atom stereocenters. The molecule has 9 heterocycles. The first-order valence-electron chi connectivity index (χ1n) is 42.0. The number of hydrogen-bond donors (Lipinski definition) is 0. The molecule has 16 aromatic rings. The lowest BCUT2D eigenvalue weighted by molar-refractivity contribution is -0.697. The summed E-state index contributed by atoms with van der Waals surface area (Å²) in [5.74, 6) is 5.94. The smallest absolute Gasteiger partial charge is 0.227 e. The predicted molar refractivity (Wildman–Crippen MR) is 479 cm³/mol. The zero-order chi connectivity index (χ0) is 83.5. The first kappa shape index (κ1) is 81.9. The van der Waals surface area contributed by atoms with Crippen LogP contribution in [0.4, 0.5) is 0 Å². The fourth-order valence-electron chi connectivity index (χ4n) is 17.2. The number of imidazole rings is 3. The Bertz CT molecular complexity index is 6230. The molecule has 16 rings (SSSR count). The van der Waals surface area contributed by atoms with Crippen molar-refractivity contribution < 1.29 is 41.1 Å². The molecule has 0 radical (unpaired) electrons. The number of aromatic nitrogens is 12. The van der Waals surface area contributed by atoms with Gasteiger partial charge in [-0.1, -0.05) is 241 Å². The molecule has 0 aliphatic carbocycles. The van der Waals surface area contributed by atoms with E-state index in [-0.39, 0.29) is 0 Å². The van der Waals surface area contributed by atoms with Gasteiger partial charge < -0.3 is 0 Å². The van der Waals surface area contributed by atoms with Crippen molar-refractivity contribution in [2.45, 2.75) is 119 Å². The lowest BCUT2D eigenvalue weighted by Crippen LogP contribution is -2.43. The summed E-state index contributed by atoms with van der Waals surface area (Å²) in [6, 6.07) is 94.2. The van der Waals surface area contributed by atoms with Gasteiger partial charge in [-0.25, -0.2) is 13.7 Å². The molecular formula is C106H119N12+9. The molecule has 0 fully saturated rings. The molecule has 118 heavy (non-hydrogen) atoms. The van der Waals surface area contributed by atoms with E-state index in [1.165, 1.54) is 112 Å². The van der Waals surface area contributed by atoms with Gasteiger partial charge in [-0.05, 0) is 99.7 Å². The second-order valence-corrected chi connectivity index (χ2v) is 33.6. The summed E-state index contributed by atoms with van der Waals surface area (Å²) < 4.78 is 27.8. The number of pyridine rings is 6. The minimum absolute atomic E-state index is 0.387. The molecule has 9 aromatic heterocycles. The highest BCUT2D eigenvalue weighted by Gasteiger charge is 2.39. The topological polar surface area (TPSA) is 49.7 Å². The predicted octanol–water partition coefficient (Wildman–Crippen LogP) is 19.7. The lowest BCUT2D eigenvalue weighted by atomic mass is 9.92. The van der Waals surface area contributed by atoms with E-state index in [9.17, 15) is 0 Å². The number of fused-ring (bicyclic) bond motifs is 1. The molecule has 594 valence electrons. The maximum atomic E-state index is 2.51. The van der Waals surface area contributed by atoms with Gasteiger partial charge in [0.15, 0.2) is 29.6 Å². The third-order valence-corrected chi connectivity index (χ3v) is 23.7. The van der Waals surface area contributed by atoms with Gasteiger partial charge in [-0.3, -0.25) is 0 Å². The van der Waals surface area contributed by atoms with Gasteiger partial charge in [0.25, 0.3) is 51.2 Å². The lowest BCUT2D eigenvalue weighted by Gasteiger charge is -2.18. The van der Waals surface area contributed by atoms with Gasteiger partial charge in [-0.15, -0.1) is 0 Å². The minimum atomic E-state index is 0.387. The number of benzene rings is 7. The average Bonchev–Trinajstić information content (AvgIpc) is 1.56. The number of rotatable bonds is 18. The second kappa shape index (κ2) is 35.0. The average molecular weight is 1560 g/mol. The van der Waals surface area contributed by atoms with Crippen LogP contribution in [0.15, 0.2) is 304 Å². The number of hydrogen-bond acceptors (Lipinski definition) is 0. The summed E-state index contributed by atoms with van der Waals surface area (Å²) in [5.41, 5.74) is 32.3. The zero-order valence-electron chi connectivity index (χ0n) is 73.2. The highest BCUT2D eigenvalue weighted by molar-refractivity contribution is 5.80. The van der Waals surface area contributed by atoms with E-state index in [1.807, 2.05) is 0 Å². The Labute approximate surface area is 700 Å². The van der Waals surface area contributed by atoms with Crippen LogP contribution < -0.4 is 41.1 Å². The Morgan fingerprint density at radius 2 is 0.542 bits per heavy atom. The first-order chi connectivity index (χ1) is 56.8. The number of para-hydroxylation sites is 5. The molecule has 0 unspecified atom stereocenters. The molecule has 0 amide bonds. The van der Waals surface area contributed by atoms with Crippen LogP contribution in [0.2, 0.25) is 0 Å². The van der Waals surface area contributed by atoms with Crippen LogP contribution in [-0.4, -0.2) is 13.7 Å². The van der Waals surface area contributed by atoms with Crippen molar-refractivity contribution in [1.82, 2.24) is 13.7 Å². The van der Waals surface area contributed by atoms with Crippen LogP contribution in [-0.2, 0) is 63.4 Å². The van der Waals surface area contributed by atoms with Crippen molar-refractivity contribution in [2.24, 2.45) is 63.4 Å². The van der Waals surface area contributed by atoms with E-state index in [1.54, 1.807) is 0 Å². The summed E-state index contributed by atoms with van der Waals surface area (Å²) in [6.07, 6.45) is 15.3. The highest BCUT2D eigenvalue weighted by atomic mass is 15.2. The van der Waals surface area contributed by atoms with Crippen LogP contribution in [0.25, 0.3) is 130 Å². The van der Waals surface area contributed by atoms with Crippen LogP contribution >= 0.6 is 0 Å². The molecule has 0 aliphatic rings. The molecule has 0 spiro atoms. The molecule has 12 nitrogen and oxygen atoms in total. The van der Waals surface area contributed by atoms with E-state index < -0.39 is 0 Å². The Morgan fingerprint density at radius 1 is 0.220 bits per heavy atom. The molecule has 0 saturated carbocycles. The summed E-state index contributed by atoms with van der Waals surface area (Å²) in [6.45, 7) is 27.5. The van der Waals surface area contributed by atoms with Crippen molar-refractivity contribution in [2.75, 3.05) is 0 Å². The normalized spacial score (nSPS) is 11.6. The number of nitrogens with zero attached hydrogens (tertiary/aromatic N) is 12. The summed E-state index contributed by atoms with van der Waals surface area (Å²) in [5, 5.41) is 0. The summed E-state index contributed by atoms with van der Waals surface area (Å²) in [7, 11) is 19.4. The molecule has 0 N–H and O–H groups in total. The third kappa shape index (κ3) is 16.1. The summed E-state index contributed by atoms with van der Waals surface area (Å²) >= 11 is 0. The van der Waals surface area contributed by atoms with E-state index >= 15 is 0 Å². The van der Waals surface area contributed by atoms with Crippen molar-refractivity contribution >= 4 is 11.0 Å². The van der Waals surface area contributed by atoms with Gasteiger partial charge in [0.1, 0.15) is 84.1 Å². The molecule has 0 aliphatic heterocycles. The monoisotopic (exact) mass is 1560 g/mol. The van der Waals surface area contributed by atoms with Gasteiger partial charge >= 0.3 is 17.5 Å². The fraction of sp³-hybridized carbons (Fsp3) is 0.255. The highest BCUT2D eigenvalue weighted by Crippen LogP contribution is 2.39. The van der Waals surface area contributed by atoms with Gasteiger partial charge in [-0.2, -0.15) is 41.1 Å². The van der Waals surface area contributed by atoms with Crippen LogP contribution in [0, 0.1) is 0 Å². The van der Waals surface area contributed by atoms with E-state index in [0.29, 0.717) is 35.5 Å². The molecule has 7 aromatic carbocycles. The van der Waals surface area contributed by atoms with E-state index in [4.69, 9.17) is 0 Å². The van der Waals surface area contributed by atoms with Crippen molar-refractivity contribution in [3.63, 3.8) is 0 Å². The van der Waals surface area contributed by atoms with E-state index in [2.05, 4.69) is 506 Å². The Kier molecular flexibility index (Phi) is 24.3. The van der Waals surface area contributed by atoms with Crippen molar-refractivity contribution in [1.29, 1.82) is 0 Å². The fourth-order valence-corrected chi connectivity index (χ4v) is 17.2. The van der Waals surface area contributed by atoms with Crippen LogP contribution in [0.3, 0.4) is 0 Å². The van der Waals surface area contributed by atoms with Crippen LogP contribution in [0.1, 0.15) is 152 Å². The van der Waals surface area contributed by atoms with Crippen LogP contribution in [0.5, 0.6) is 0 Å². The molecule has 0 bridgehead atoms. The summed E-state index contributed by atoms with van der Waals surface area (Å²) in [4.78, 5) is 0. The zero-order valence-corrected chi connectivity index (χ0v) is 73.2. The van der Waals surface area contributed by atoms with Gasteiger partial charge in [0.05, 0.1) is 21.1 Å². The Hall–Kier alpha value is -12.7. The second-order valence-electron chi connectivity index (χ2n) is 33.6. The first-order valence-corrected chi connectivity index (χ1v) is 42.0. The Morgan fingerprint density at radius 3 is 0.915 bits per heavy atom.